The smallest absolute Gasteiger partial charge is 0.148 e. The van der Waals surface area contributed by atoms with E-state index in [1.165, 1.54) is 25.7 Å². The van der Waals surface area contributed by atoms with Gasteiger partial charge >= 0.3 is 0 Å². The minimum atomic E-state index is 0.614. The zero-order valence-electron chi connectivity index (χ0n) is 12.9. The van der Waals surface area contributed by atoms with Crippen molar-refractivity contribution in [3.63, 3.8) is 0 Å². The molecule has 0 saturated heterocycles. The Morgan fingerprint density at radius 3 is 2.60 bits per heavy atom. The van der Waals surface area contributed by atoms with Gasteiger partial charge in [0.25, 0.3) is 0 Å². The SMILES string of the molecule is CCc1c(NN)ncnc1N(CC(C)C)C1CCCC1. The third kappa shape index (κ3) is 3.20. The lowest BCUT2D eigenvalue weighted by Crippen LogP contribution is -2.38. The van der Waals surface area contributed by atoms with Crippen molar-refractivity contribution in [2.45, 2.75) is 58.9 Å². The second-order valence-corrected chi connectivity index (χ2v) is 6.01. The zero-order valence-corrected chi connectivity index (χ0v) is 12.9. The summed E-state index contributed by atoms with van der Waals surface area (Å²) in [6, 6.07) is 0.614. The Labute approximate surface area is 121 Å². The van der Waals surface area contributed by atoms with Gasteiger partial charge in [-0.25, -0.2) is 15.8 Å². The summed E-state index contributed by atoms with van der Waals surface area (Å²) >= 11 is 0. The molecule has 1 saturated carbocycles. The second-order valence-electron chi connectivity index (χ2n) is 6.01. The Morgan fingerprint density at radius 2 is 2.05 bits per heavy atom. The summed E-state index contributed by atoms with van der Waals surface area (Å²) in [4.78, 5) is 11.3. The number of nitrogens with zero attached hydrogens (tertiary/aromatic N) is 3. The van der Waals surface area contributed by atoms with E-state index in [2.05, 4.69) is 41.1 Å². The van der Waals surface area contributed by atoms with E-state index in [1.54, 1.807) is 6.33 Å². The van der Waals surface area contributed by atoms with Crippen LogP contribution in [-0.4, -0.2) is 22.6 Å². The molecule has 112 valence electrons. The van der Waals surface area contributed by atoms with Crippen LogP contribution in [0, 0.1) is 5.92 Å². The predicted octanol–water partition coefficient (Wildman–Crippen LogP) is 2.73. The molecule has 0 aliphatic heterocycles. The van der Waals surface area contributed by atoms with E-state index in [1.807, 2.05) is 0 Å². The summed E-state index contributed by atoms with van der Waals surface area (Å²) in [5.41, 5.74) is 3.84. The Balaban J connectivity index is 2.36. The third-order valence-electron chi connectivity index (χ3n) is 4.01. The maximum atomic E-state index is 5.59. The highest BCUT2D eigenvalue weighted by Gasteiger charge is 2.26. The number of aromatic nitrogens is 2. The van der Waals surface area contributed by atoms with Crippen molar-refractivity contribution >= 4 is 11.6 Å². The number of rotatable bonds is 6. The summed E-state index contributed by atoms with van der Waals surface area (Å²) < 4.78 is 0. The minimum Gasteiger partial charge on any atom is -0.353 e. The Morgan fingerprint density at radius 1 is 1.35 bits per heavy atom. The molecular weight excluding hydrogens is 250 g/mol. The first-order valence-corrected chi connectivity index (χ1v) is 7.74. The normalized spacial score (nSPS) is 15.8. The summed E-state index contributed by atoms with van der Waals surface area (Å²) in [6.07, 6.45) is 7.70. The molecule has 0 amide bonds. The molecule has 1 fully saturated rings. The maximum absolute atomic E-state index is 5.59. The molecule has 0 unspecified atom stereocenters. The highest BCUT2D eigenvalue weighted by atomic mass is 15.3. The van der Waals surface area contributed by atoms with Crippen molar-refractivity contribution < 1.29 is 0 Å². The summed E-state index contributed by atoms with van der Waals surface area (Å²) in [5.74, 6) is 8.03. The lowest BCUT2D eigenvalue weighted by atomic mass is 10.1. The van der Waals surface area contributed by atoms with Crippen LogP contribution in [0.15, 0.2) is 6.33 Å². The van der Waals surface area contributed by atoms with E-state index in [0.29, 0.717) is 12.0 Å². The van der Waals surface area contributed by atoms with Gasteiger partial charge in [-0.05, 0) is 25.2 Å². The molecule has 3 N–H and O–H groups in total. The van der Waals surface area contributed by atoms with Crippen LogP contribution in [0.5, 0.6) is 0 Å². The van der Waals surface area contributed by atoms with E-state index >= 15 is 0 Å². The van der Waals surface area contributed by atoms with Gasteiger partial charge in [0, 0.05) is 18.2 Å². The molecule has 5 heteroatoms. The van der Waals surface area contributed by atoms with Gasteiger partial charge in [-0.3, -0.25) is 0 Å². The fraction of sp³-hybridized carbons (Fsp3) is 0.733. The molecule has 1 heterocycles. The van der Waals surface area contributed by atoms with Crippen molar-refractivity contribution in [2.24, 2.45) is 11.8 Å². The molecule has 1 aromatic rings. The Bertz CT molecular complexity index is 426. The molecule has 0 bridgehead atoms. The Kier molecular flexibility index (Phi) is 5.17. The fourth-order valence-corrected chi connectivity index (χ4v) is 3.12. The van der Waals surface area contributed by atoms with Gasteiger partial charge < -0.3 is 10.3 Å². The highest BCUT2D eigenvalue weighted by molar-refractivity contribution is 5.59. The number of nitrogens with one attached hydrogen (secondary N) is 1. The van der Waals surface area contributed by atoms with Crippen molar-refractivity contribution in [2.75, 3.05) is 16.9 Å². The summed E-state index contributed by atoms with van der Waals surface area (Å²) in [5, 5.41) is 0. The second kappa shape index (κ2) is 6.88. The fourth-order valence-electron chi connectivity index (χ4n) is 3.12. The molecule has 2 rings (SSSR count). The van der Waals surface area contributed by atoms with E-state index in [-0.39, 0.29) is 0 Å². The lowest BCUT2D eigenvalue weighted by molar-refractivity contribution is 0.529. The molecule has 20 heavy (non-hydrogen) atoms. The van der Waals surface area contributed by atoms with Crippen LogP contribution in [0.4, 0.5) is 11.6 Å². The lowest BCUT2D eigenvalue weighted by Gasteiger charge is -2.33. The molecule has 1 aromatic heterocycles. The van der Waals surface area contributed by atoms with Crippen LogP contribution in [0.2, 0.25) is 0 Å². The molecule has 1 aliphatic rings. The average Bonchev–Trinajstić information content (AvgIpc) is 2.97. The van der Waals surface area contributed by atoms with Crippen LogP contribution < -0.4 is 16.2 Å². The molecule has 1 aliphatic carbocycles. The number of hydrogen-bond acceptors (Lipinski definition) is 5. The standard InChI is InChI=1S/C15H27N5/c1-4-13-14(19-16)17-10-18-15(13)20(9-11(2)3)12-7-5-6-8-12/h10-12H,4-9,16H2,1-3H3,(H,17,18,19). The van der Waals surface area contributed by atoms with Gasteiger partial charge in [-0.15, -0.1) is 0 Å². The molecule has 5 nitrogen and oxygen atoms in total. The number of nitrogen functional groups attached to an aromatic ring is 1. The quantitative estimate of drug-likeness (QED) is 0.618. The predicted molar refractivity (Wildman–Crippen MR) is 83.7 cm³/mol. The van der Waals surface area contributed by atoms with Gasteiger partial charge in [0.05, 0.1) is 0 Å². The highest BCUT2D eigenvalue weighted by Crippen LogP contribution is 2.31. The van der Waals surface area contributed by atoms with Crippen molar-refractivity contribution in [3.05, 3.63) is 11.9 Å². The van der Waals surface area contributed by atoms with Crippen molar-refractivity contribution in [1.29, 1.82) is 0 Å². The largest absolute Gasteiger partial charge is 0.353 e. The first kappa shape index (κ1) is 15.0. The number of hydrogen-bond donors (Lipinski definition) is 2. The topological polar surface area (TPSA) is 67.1 Å². The summed E-state index contributed by atoms with van der Waals surface area (Å²) in [6.45, 7) is 7.69. The number of anilines is 2. The Hall–Kier alpha value is -1.36. The van der Waals surface area contributed by atoms with Crippen molar-refractivity contribution in [1.82, 2.24) is 9.97 Å². The monoisotopic (exact) mass is 277 g/mol. The first-order valence-electron chi connectivity index (χ1n) is 7.74. The van der Waals surface area contributed by atoms with Gasteiger partial charge in [0.2, 0.25) is 0 Å². The molecule has 0 aromatic carbocycles. The molecule has 0 atom stereocenters. The molecule has 0 radical (unpaired) electrons. The van der Waals surface area contributed by atoms with E-state index in [0.717, 1.165) is 30.2 Å². The van der Waals surface area contributed by atoms with Crippen molar-refractivity contribution in [3.8, 4) is 0 Å². The van der Waals surface area contributed by atoms with Crippen LogP contribution in [0.3, 0.4) is 0 Å². The van der Waals surface area contributed by atoms with Crippen LogP contribution in [0.25, 0.3) is 0 Å². The van der Waals surface area contributed by atoms with E-state index < -0.39 is 0 Å². The first-order chi connectivity index (χ1) is 9.67. The van der Waals surface area contributed by atoms with Crippen LogP contribution in [0.1, 0.15) is 52.0 Å². The summed E-state index contributed by atoms with van der Waals surface area (Å²) in [7, 11) is 0. The van der Waals surface area contributed by atoms with E-state index in [9.17, 15) is 0 Å². The third-order valence-corrected chi connectivity index (χ3v) is 4.01. The number of nitrogens with two attached hydrogens (primary N) is 1. The van der Waals surface area contributed by atoms with Gasteiger partial charge in [-0.1, -0.05) is 33.6 Å². The maximum Gasteiger partial charge on any atom is 0.148 e. The van der Waals surface area contributed by atoms with Crippen LogP contribution in [-0.2, 0) is 6.42 Å². The van der Waals surface area contributed by atoms with Gasteiger partial charge in [-0.2, -0.15) is 0 Å². The van der Waals surface area contributed by atoms with E-state index in [4.69, 9.17) is 5.84 Å². The molecule has 0 spiro atoms. The average molecular weight is 277 g/mol. The van der Waals surface area contributed by atoms with Gasteiger partial charge in [0.1, 0.15) is 18.0 Å². The minimum absolute atomic E-state index is 0.614. The van der Waals surface area contributed by atoms with Gasteiger partial charge in [0.15, 0.2) is 0 Å². The molecular formula is C15H27N5. The van der Waals surface area contributed by atoms with Crippen LogP contribution >= 0.6 is 0 Å². The zero-order chi connectivity index (χ0) is 14.5. The number of hydrazine groups is 1.